The first-order valence-electron chi connectivity index (χ1n) is 12.7. The van der Waals surface area contributed by atoms with Crippen molar-refractivity contribution >= 4 is 24.3 Å². The summed E-state index contributed by atoms with van der Waals surface area (Å²) in [5.41, 5.74) is 3.92. The van der Waals surface area contributed by atoms with Crippen LogP contribution in [0.15, 0.2) is 66.9 Å². The maximum absolute atomic E-state index is 13.6. The predicted octanol–water partition coefficient (Wildman–Crippen LogP) is 8.63. The lowest BCUT2D eigenvalue weighted by molar-refractivity contribution is -0.211. The normalized spacial score (nSPS) is 14.9. The lowest BCUT2D eigenvalue weighted by Crippen LogP contribution is -2.51. The Labute approximate surface area is 217 Å². The SMILES string of the molecule is CC(C)c1cc(-c2nccc3c2O[Si](C)(C)c2cc(CC(C)(C)C(F)(F)F)ccc2-3)cc2ccccc12. The fourth-order valence-electron chi connectivity index (χ4n) is 5.28. The summed E-state index contributed by atoms with van der Waals surface area (Å²) in [4.78, 5) is 4.77. The average Bonchev–Trinajstić information content (AvgIpc) is 2.82. The molecule has 0 atom stereocenters. The first kappa shape index (κ1) is 25.5. The topological polar surface area (TPSA) is 22.1 Å². The maximum Gasteiger partial charge on any atom is 0.394 e. The summed E-state index contributed by atoms with van der Waals surface area (Å²) in [6.07, 6.45) is -2.54. The molecule has 0 unspecified atom stereocenters. The molecule has 0 saturated heterocycles. The van der Waals surface area contributed by atoms with Gasteiger partial charge in [0.1, 0.15) is 11.4 Å². The van der Waals surface area contributed by atoms with Crippen molar-refractivity contribution in [2.75, 3.05) is 0 Å². The number of benzene rings is 3. The lowest BCUT2D eigenvalue weighted by Gasteiger charge is -2.35. The van der Waals surface area contributed by atoms with E-state index in [1.54, 1.807) is 6.20 Å². The van der Waals surface area contributed by atoms with Gasteiger partial charge in [0, 0.05) is 17.3 Å². The molecule has 0 aliphatic carbocycles. The molecule has 2 nitrogen and oxygen atoms in total. The molecule has 3 aromatic carbocycles. The van der Waals surface area contributed by atoms with Gasteiger partial charge in [0.2, 0.25) is 0 Å². The standard InChI is InChI=1S/C31H32F3NOSi/c1-19(2)26-17-22(16-21-9-7-8-10-23(21)26)28-29-25(13-14-35-28)24-12-11-20(15-27(24)37(5,6)36-29)18-30(3,4)31(32,33)34/h7-17,19H,18H2,1-6H3. The zero-order valence-corrected chi connectivity index (χ0v) is 23.1. The van der Waals surface area contributed by atoms with Crippen molar-refractivity contribution < 1.29 is 17.6 Å². The van der Waals surface area contributed by atoms with Crippen LogP contribution in [0.1, 0.15) is 44.7 Å². The molecule has 0 saturated carbocycles. The van der Waals surface area contributed by atoms with Gasteiger partial charge < -0.3 is 4.43 Å². The Morgan fingerprint density at radius 3 is 2.35 bits per heavy atom. The molecule has 1 aliphatic heterocycles. The number of rotatable bonds is 4. The largest absolute Gasteiger partial charge is 0.538 e. The number of hydrogen-bond donors (Lipinski definition) is 0. The monoisotopic (exact) mass is 519 g/mol. The zero-order chi connectivity index (χ0) is 26.8. The van der Waals surface area contributed by atoms with Crippen molar-refractivity contribution in [1.82, 2.24) is 4.98 Å². The second-order valence-corrected chi connectivity index (χ2v) is 15.3. The Bertz CT molecular complexity index is 1500. The van der Waals surface area contributed by atoms with Crippen LogP contribution in [-0.2, 0) is 6.42 Å². The Morgan fingerprint density at radius 2 is 1.65 bits per heavy atom. The van der Waals surface area contributed by atoms with Gasteiger partial charge in [-0.1, -0.05) is 70.2 Å². The summed E-state index contributed by atoms with van der Waals surface area (Å²) in [6.45, 7) is 11.1. The van der Waals surface area contributed by atoms with Crippen LogP contribution in [0.3, 0.4) is 0 Å². The molecule has 4 aromatic rings. The van der Waals surface area contributed by atoms with Crippen molar-refractivity contribution in [3.05, 3.63) is 78.0 Å². The molecule has 1 aromatic heterocycles. The maximum atomic E-state index is 13.6. The second kappa shape index (κ2) is 8.73. The van der Waals surface area contributed by atoms with Crippen LogP contribution in [0, 0.1) is 5.41 Å². The highest BCUT2D eigenvalue weighted by Gasteiger charge is 2.47. The lowest BCUT2D eigenvalue weighted by atomic mass is 9.84. The predicted molar refractivity (Wildman–Crippen MR) is 148 cm³/mol. The third kappa shape index (κ3) is 4.46. The van der Waals surface area contributed by atoms with Gasteiger partial charge in [-0.2, -0.15) is 13.2 Å². The van der Waals surface area contributed by atoms with Gasteiger partial charge in [-0.05, 0) is 76.3 Å². The van der Waals surface area contributed by atoms with Crippen LogP contribution >= 0.6 is 0 Å². The van der Waals surface area contributed by atoms with E-state index in [-0.39, 0.29) is 6.42 Å². The molecule has 0 fully saturated rings. The molecule has 0 spiro atoms. The van der Waals surface area contributed by atoms with Crippen molar-refractivity contribution in [3.63, 3.8) is 0 Å². The van der Waals surface area contributed by atoms with E-state index in [1.165, 1.54) is 24.8 Å². The number of pyridine rings is 1. The number of aromatic nitrogens is 1. The van der Waals surface area contributed by atoms with Gasteiger partial charge in [0.15, 0.2) is 0 Å². The highest BCUT2D eigenvalue weighted by molar-refractivity contribution is 6.86. The van der Waals surface area contributed by atoms with Gasteiger partial charge in [-0.25, -0.2) is 0 Å². The minimum atomic E-state index is -4.27. The fourth-order valence-corrected chi connectivity index (χ4v) is 7.51. The Hall–Kier alpha value is -3.12. The summed E-state index contributed by atoms with van der Waals surface area (Å²) in [5, 5.41) is 3.42. The van der Waals surface area contributed by atoms with Crippen LogP contribution in [0.25, 0.3) is 33.2 Å². The van der Waals surface area contributed by atoms with E-state index in [4.69, 9.17) is 9.41 Å². The van der Waals surface area contributed by atoms with E-state index >= 15 is 0 Å². The van der Waals surface area contributed by atoms with E-state index in [0.29, 0.717) is 11.5 Å². The Balaban J connectivity index is 1.65. The molecule has 2 heterocycles. The van der Waals surface area contributed by atoms with E-state index < -0.39 is 19.9 Å². The quantitative estimate of drug-likeness (QED) is 0.252. The minimum absolute atomic E-state index is 0.0716. The summed E-state index contributed by atoms with van der Waals surface area (Å²) in [7, 11) is -2.49. The Kier molecular flexibility index (Phi) is 6.02. The summed E-state index contributed by atoms with van der Waals surface area (Å²) < 4.78 is 47.4. The van der Waals surface area contributed by atoms with Crippen molar-refractivity contribution in [2.24, 2.45) is 5.41 Å². The molecule has 6 heteroatoms. The van der Waals surface area contributed by atoms with Gasteiger partial charge in [0.25, 0.3) is 8.32 Å². The fraction of sp³-hybridized carbons (Fsp3) is 0.323. The van der Waals surface area contributed by atoms with Crippen LogP contribution in [-0.4, -0.2) is 19.5 Å². The first-order valence-corrected chi connectivity index (χ1v) is 15.6. The third-order valence-electron chi connectivity index (χ3n) is 7.49. The molecule has 192 valence electrons. The van der Waals surface area contributed by atoms with Crippen molar-refractivity contribution in [1.29, 1.82) is 0 Å². The summed E-state index contributed by atoms with van der Waals surface area (Å²) in [6, 6.07) is 20.5. The van der Waals surface area contributed by atoms with Crippen LogP contribution in [0.4, 0.5) is 13.2 Å². The van der Waals surface area contributed by atoms with Gasteiger partial charge >= 0.3 is 6.18 Å². The molecular formula is C31H32F3NOSi. The van der Waals surface area contributed by atoms with Crippen LogP contribution in [0.2, 0.25) is 13.1 Å². The highest BCUT2D eigenvalue weighted by atomic mass is 28.4. The Morgan fingerprint density at radius 1 is 0.919 bits per heavy atom. The third-order valence-corrected chi connectivity index (χ3v) is 9.91. The second-order valence-electron chi connectivity index (χ2n) is 11.5. The molecule has 0 radical (unpaired) electrons. The minimum Gasteiger partial charge on any atom is -0.538 e. The number of fused-ring (bicyclic) bond motifs is 4. The molecule has 0 N–H and O–H groups in total. The smallest absolute Gasteiger partial charge is 0.394 e. The molecule has 0 bridgehead atoms. The van der Waals surface area contributed by atoms with Gasteiger partial charge in [-0.3, -0.25) is 4.98 Å². The van der Waals surface area contributed by atoms with E-state index in [9.17, 15) is 13.2 Å². The van der Waals surface area contributed by atoms with E-state index in [1.807, 2.05) is 30.3 Å². The van der Waals surface area contributed by atoms with Crippen LogP contribution in [0.5, 0.6) is 5.75 Å². The number of nitrogens with zero attached hydrogens (tertiary/aromatic N) is 1. The van der Waals surface area contributed by atoms with E-state index in [2.05, 4.69) is 57.3 Å². The molecule has 5 rings (SSSR count). The van der Waals surface area contributed by atoms with Gasteiger partial charge in [0.05, 0.1) is 5.41 Å². The molecular weight excluding hydrogens is 487 g/mol. The van der Waals surface area contributed by atoms with Gasteiger partial charge in [-0.15, -0.1) is 0 Å². The number of alkyl halides is 3. The highest BCUT2D eigenvalue weighted by Crippen LogP contribution is 2.45. The average molecular weight is 520 g/mol. The number of halogens is 3. The number of hydrogen-bond acceptors (Lipinski definition) is 2. The van der Waals surface area contributed by atoms with Crippen molar-refractivity contribution in [2.45, 2.75) is 59.3 Å². The zero-order valence-electron chi connectivity index (χ0n) is 22.1. The van der Waals surface area contributed by atoms with E-state index in [0.717, 1.165) is 38.7 Å². The van der Waals surface area contributed by atoms with Crippen molar-refractivity contribution in [3.8, 4) is 28.1 Å². The molecule has 1 aliphatic rings. The first-order chi connectivity index (χ1) is 17.3. The summed E-state index contributed by atoms with van der Waals surface area (Å²) >= 11 is 0. The molecule has 0 amide bonds. The van der Waals surface area contributed by atoms with Crippen LogP contribution < -0.4 is 9.61 Å². The molecule has 37 heavy (non-hydrogen) atoms. The summed E-state index contributed by atoms with van der Waals surface area (Å²) in [5.74, 6) is 1.11.